The van der Waals surface area contributed by atoms with Crippen LogP contribution < -0.4 is 76.1 Å². The number of rotatable bonds is 48. The zero-order valence-electron chi connectivity index (χ0n) is 65.3. The molecule has 0 radical (unpaired) electrons. The minimum atomic E-state index is -2.13. The monoisotopic (exact) mass is 1660 g/mol. The SMILES string of the molecule is CCO[C@@H]1O[C@H](CO)[C@@H](O[C@@H]2O[C@H](CO)[C@@H](O[C@@H]3O[C@H](CO)[C@@H](O[C@@H]4O[C@H](CO)[C@@H](O)[C@H](O[C@H](C)C(=O)N[C@@H](C)C(=O)N[C@H](CCC(=O)N[C@@H](CCCCN)C(=O)O)C(N)=O)[C@H]4NC(C)=O)[C@H](O)[C@H]3NC(C)=O)[C@H](O)[C@H]2NC(C)=O)[C@H](O[C@H](C)C(=O)N[C@@H](C)C(=O)N[C@H](CCC(=O)N[C@@H](CCCCN)C(=O)O)C(N)=O)[C@H]1NC(C)=O. The van der Waals surface area contributed by atoms with Crippen molar-refractivity contribution < 1.29 is 160 Å². The Hall–Kier alpha value is -8.18. The smallest absolute Gasteiger partial charge is 0.326 e. The number of amides is 12. The lowest BCUT2D eigenvalue weighted by Gasteiger charge is -2.51. The number of aliphatic carboxylic acids is 2. The van der Waals surface area contributed by atoms with Gasteiger partial charge in [0.2, 0.25) is 70.9 Å². The van der Waals surface area contributed by atoms with Gasteiger partial charge < -0.3 is 169 Å². The van der Waals surface area contributed by atoms with Gasteiger partial charge in [0.1, 0.15) is 146 Å². The van der Waals surface area contributed by atoms with Crippen molar-refractivity contribution >= 4 is 82.8 Å². The van der Waals surface area contributed by atoms with E-state index >= 15 is 0 Å². The predicted octanol–water partition coefficient (Wildman–Crippen LogP) is -11.4. The zero-order valence-corrected chi connectivity index (χ0v) is 65.3. The van der Waals surface area contributed by atoms with Crippen LogP contribution in [0.25, 0.3) is 0 Å². The normalized spacial score (nSPS) is 29.4. The summed E-state index contributed by atoms with van der Waals surface area (Å²) in [6.45, 7) is 6.70. The van der Waals surface area contributed by atoms with E-state index in [2.05, 4.69) is 53.2 Å². The third-order valence-electron chi connectivity index (χ3n) is 18.8. The molecule has 115 heavy (non-hydrogen) atoms. The molecule has 0 aromatic rings. The highest BCUT2D eigenvalue weighted by Crippen LogP contribution is 2.36. The first-order valence-corrected chi connectivity index (χ1v) is 37.5. The van der Waals surface area contributed by atoms with E-state index in [1.807, 2.05) is 0 Å². The molecular weight excluding hydrogens is 1540 g/mol. The van der Waals surface area contributed by atoms with Crippen LogP contribution in [0.5, 0.6) is 0 Å². The summed E-state index contributed by atoms with van der Waals surface area (Å²) in [4.78, 5) is 181. The van der Waals surface area contributed by atoms with E-state index in [-0.39, 0.29) is 19.4 Å². The van der Waals surface area contributed by atoms with E-state index in [1.54, 1.807) is 6.92 Å². The van der Waals surface area contributed by atoms with Crippen LogP contribution in [0.15, 0.2) is 0 Å². The molecule has 0 aromatic carbocycles. The molecule has 4 aliphatic heterocycles. The van der Waals surface area contributed by atoms with E-state index in [9.17, 15) is 113 Å². The largest absolute Gasteiger partial charge is 0.480 e. The summed E-state index contributed by atoms with van der Waals surface area (Å²) in [5.74, 6) is -13.8. The molecule has 47 heteroatoms. The van der Waals surface area contributed by atoms with Crippen molar-refractivity contribution in [3.05, 3.63) is 0 Å². The fourth-order valence-corrected chi connectivity index (χ4v) is 12.9. The van der Waals surface area contributed by atoms with Gasteiger partial charge in [0, 0.05) is 47.1 Å². The van der Waals surface area contributed by atoms with Crippen molar-refractivity contribution in [2.75, 3.05) is 46.1 Å². The van der Waals surface area contributed by atoms with Crippen LogP contribution in [0.4, 0.5) is 0 Å². The Morgan fingerprint density at radius 1 is 0.391 bits per heavy atom. The van der Waals surface area contributed by atoms with Gasteiger partial charge in [0.25, 0.3) is 0 Å². The van der Waals surface area contributed by atoms with Gasteiger partial charge >= 0.3 is 11.9 Å². The molecule has 0 bridgehead atoms. The zero-order chi connectivity index (χ0) is 86.4. The Labute approximate surface area is 661 Å². The third kappa shape index (κ3) is 30.1. The lowest BCUT2D eigenvalue weighted by Crippen LogP contribution is -2.72. The summed E-state index contributed by atoms with van der Waals surface area (Å²) < 4.78 is 61.6. The number of aliphatic hydroxyl groups is 7. The first-order valence-electron chi connectivity index (χ1n) is 37.5. The van der Waals surface area contributed by atoms with Crippen LogP contribution in [-0.2, 0) is 114 Å². The number of carbonyl (C=O) groups excluding carboxylic acids is 12. The molecule has 4 heterocycles. The number of hydrogen-bond acceptors (Lipinski definition) is 33. The Morgan fingerprint density at radius 2 is 0.722 bits per heavy atom. The van der Waals surface area contributed by atoms with E-state index in [0.717, 1.165) is 34.6 Å². The summed E-state index contributed by atoms with van der Waals surface area (Å²) in [5, 5.41) is 123. The number of unbranched alkanes of at least 4 members (excludes halogenated alkanes) is 2. The maximum atomic E-state index is 14.1. The van der Waals surface area contributed by atoms with Gasteiger partial charge in [-0.1, -0.05) is 0 Å². The third-order valence-corrected chi connectivity index (χ3v) is 18.8. The predicted molar refractivity (Wildman–Crippen MR) is 387 cm³/mol. The number of nitrogens with one attached hydrogen (secondary N) is 10. The van der Waals surface area contributed by atoms with Crippen LogP contribution in [0.2, 0.25) is 0 Å². The number of aliphatic hydroxyl groups excluding tert-OH is 7. The number of carboxylic acid groups (broad SMARTS) is 2. The van der Waals surface area contributed by atoms with E-state index in [0.29, 0.717) is 38.8 Å². The first-order chi connectivity index (χ1) is 54.2. The Balaban J connectivity index is 1.60. The molecule has 656 valence electrons. The van der Waals surface area contributed by atoms with E-state index in [1.165, 1.54) is 20.8 Å². The molecular formula is C68H116N14O33. The van der Waals surface area contributed by atoms with Gasteiger partial charge in [-0.25, -0.2) is 9.59 Å². The molecule has 12 amide bonds. The van der Waals surface area contributed by atoms with E-state index in [4.69, 9.17) is 70.3 Å². The second-order valence-corrected chi connectivity index (χ2v) is 28.0. The fraction of sp³-hybridized carbons (Fsp3) is 0.794. The highest BCUT2D eigenvalue weighted by atomic mass is 16.8. The molecule has 27 N–H and O–H groups in total. The van der Waals surface area contributed by atoms with Crippen molar-refractivity contribution in [2.24, 2.45) is 22.9 Å². The van der Waals surface area contributed by atoms with Gasteiger partial charge in [-0.05, 0) is 99.1 Å². The summed E-state index contributed by atoms with van der Waals surface area (Å²) in [5.41, 5.74) is 22.0. The summed E-state index contributed by atoms with van der Waals surface area (Å²) >= 11 is 0. The molecule has 0 aliphatic carbocycles. The molecule has 0 saturated carbocycles. The highest BCUT2D eigenvalue weighted by Gasteiger charge is 2.58. The van der Waals surface area contributed by atoms with Crippen molar-refractivity contribution in [1.29, 1.82) is 0 Å². The molecule has 4 saturated heterocycles. The van der Waals surface area contributed by atoms with Gasteiger partial charge in [-0.3, -0.25) is 57.5 Å². The second-order valence-electron chi connectivity index (χ2n) is 28.0. The minimum absolute atomic E-state index is 0.0640. The van der Waals surface area contributed by atoms with Crippen LogP contribution in [0, 0.1) is 0 Å². The summed E-state index contributed by atoms with van der Waals surface area (Å²) in [6, 6.07) is -15.4. The van der Waals surface area contributed by atoms with Crippen LogP contribution in [-0.4, -0.2) is 346 Å². The molecule has 4 fully saturated rings. The van der Waals surface area contributed by atoms with Gasteiger partial charge in [0.05, 0.1) is 26.4 Å². The summed E-state index contributed by atoms with van der Waals surface area (Å²) in [6.07, 6.45) is -32.9. The number of ether oxygens (including phenoxy) is 10. The Morgan fingerprint density at radius 3 is 1.07 bits per heavy atom. The number of hydrogen-bond donors (Lipinski definition) is 23. The van der Waals surface area contributed by atoms with Gasteiger partial charge in [0.15, 0.2) is 25.2 Å². The number of carboxylic acids is 2. The van der Waals surface area contributed by atoms with Crippen molar-refractivity contribution in [2.45, 2.75) is 298 Å². The highest BCUT2D eigenvalue weighted by molar-refractivity contribution is 5.94. The maximum Gasteiger partial charge on any atom is 0.326 e. The number of primary amides is 2. The standard InChI is InChI=1S/C68H116N14O33/c1-10-106-65-48(78-34(9)90)56(108-30(5)62(101)74-28(3)60(99)82-36(58(72)97)18-20-44(92)80-38(64(104)105)16-12-14-22-70)54(42(26-86)110-65)115-67-46(76-32(7)88)51(95)52(40(24-84)112-67)113-66-45(75-31(6)87)50(94)53(41(25-85)111-66)114-68-47(77-33(8)89)55(49(93)39(23-83)109-68)107-29(4)61(100)73-27(2)59(98)81-35(57(71)96)17-19-43(91)79-37(63(102)103)15-11-13-21-69/h27-30,35-42,45-56,65-68,83-86,93-95H,10-26,69-70H2,1-9H3,(H2,71,96)(H2,72,97)(H,73,100)(H,74,101)(H,75,87)(H,76,88)(H,77,89)(H,78,90)(H,79,91)(H,80,92)(H,81,98)(H,82,99)(H,102,103)(H,104,105)/t27-,28-,29+,30+,35+,36+,37-,38-,39+,40+,41+,42+,45+,46+,47+,48+,49+,50+,51+,52+,53+,54+,55+,56+,65+,66-,67-,68-/m0/s1. The fourth-order valence-electron chi connectivity index (χ4n) is 12.9. The topological polar surface area (TPSA) is 738 Å². The number of nitrogens with two attached hydrogens (primary N) is 4. The first kappa shape index (κ1) is 99.2. The molecule has 4 rings (SSSR count). The summed E-state index contributed by atoms with van der Waals surface area (Å²) in [7, 11) is 0. The average molecular weight is 1660 g/mol. The maximum absolute atomic E-state index is 14.1. The van der Waals surface area contributed by atoms with Crippen molar-refractivity contribution in [1.82, 2.24) is 53.2 Å². The van der Waals surface area contributed by atoms with Gasteiger partial charge in [-0.2, -0.15) is 0 Å². The molecule has 0 spiro atoms. The van der Waals surface area contributed by atoms with Crippen LogP contribution >= 0.6 is 0 Å². The van der Waals surface area contributed by atoms with Crippen LogP contribution in [0.1, 0.15) is 127 Å². The number of carbonyl (C=O) groups is 14. The molecule has 0 unspecified atom stereocenters. The Bertz CT molecular complexity index is 3250. The average Bonchev–Trinajstić information content (AvgIpc) is 0.764. The van der Waals surface area contributed by atoms with E-state index < -0.39 is 306 Å². The van der Waals surface area contributed by atoms with Crippen molar-refractivity contribution in [3.63, 3.8) is 0 Å². The van der Waals surface area contributed by atoms with Crippen LogP contribution in [0.3, 0.4) is 0 Å². The molecule has 28 atom stereocenters. The second kappa shape index (κ2) is 48.5. The lowest BCUT2D eigenvalue weighted by atomic mass is 9.93. The van der Waals surface area contributed by atoms with Crippen molar-refractivity contribution in [3.8, 4) is 0 Å². The van der Waals surface area contributed by atoms with Gasteiger partial charge in [-0.15, -0.1) is 0 Å². The Kier molecular flexibility index (Phi) is 41.8. The lowest BCUT2D eigenvalue weighted by molar-refractivity contribution is -0.364. The molecule has 0 aromatic heterocycles. The molecule has 4 aliphatic rings. The minimum Gasteiger partial charge on any atom is -0.480 e. The molecule has 47 nitrogen and oxygen atoms in total. The quantitative estimate of drug-likeness (QED) is 0.0252.